The Kier molecular flexibility index (Phi) is 7.48. The fourth-order valence-corrected chi connectivity index (χ4v) is 2.13. The third-order valence-electron chi connectivity index (χ3n) is 3.49. The van der Waals surface area contributed by atoms with Crippen molar-refractivity contribution in [1.82, 2.24) is 15.5 Å². The standard InChI is InChI=1S/C14H27N3O2/c1-3-4-8-15-14(19)12(2)16-11-13(18)17-9-6-5-7-10-17/h12,16H,3-11H2,1-2H3,(H,15,19). The number of nitrogens with one attached hydrogen (secondary N) is 2. The molecule has 1 rings (SSSR count). The SMILES string of the molecule is CCCCNC(=O)C(C)NCC(=O)N1CCCCC1. The van der Waals surface area contributed by atoms with Crippen molar-refractivity contribution in [2.75, 3.05) is 26.2 Å². The quantitative estimate of drug-likeness (QED) is 0.675. The van der Waals surface area contributed by atoms with E-state index in [1.807, 2.05) is 4.90 Å². The predicted molar refractivity (Wildman–Crippen MR) is 75.8 cm³/mol. The Morgan fingerprint density at radius 2 is 1.89 bits per heavy atom. The van der Waals surface area contributed by atoms with Crippen molar-refractivity contribution in [1.29, 1.82) is 0 Å². The molecular formula is C14H27N3O2. The molecule has 0 radical (unpaired) electrons. The van der Waals surface area contributed by atoms with Gasteiger partial charge in [-0.3, -0.25) is 14.9 Å². The molecule has 110 valence electrons. The second-order valence-electron chi connectivity index (χ2n) is 5.19. The molecule has 0 aromatic heterocycles. The van der Waals surface area contributed by atoms with E-state index in [2.05, 4.69) is 17.6 Å². The molecule has 1 aliphatic rings. The van der Waals surface area contributed by atoms with Gasteiger partial charge in [0.1, 0.15) is 0 Å². The van der Waals surface area contributed by atoms with Gasteiger partial charge in [-0.05, 0) is 32.6 Å². The smallest absolute Gasteiger partial charge is 0.236 e. The number of carbonyl (C=O) groups excluding carboxylic acids is 2. The van der Waals surface area contributed by atoms with E-state index in [0.717, 1.165) is 38.8 Å². The van der Waals surface area contributed by atoms with Crippen molar-refractivity contribution in [3.05, 3.63) is 0 Å². The highest BCUT2D eigenvalue weighted by Crippen LogP contribution is 2.08. The van der Waals surface area contributed by atoms with Crippen molar-refractivity contribution in [2.45, 2.75) is 52.0 Å². The van der Waals surface area contributed by atoms with Crippen LogP contribution in [0.5, 0.6) is 0 Å². The Bertz CT molecular complexity index is 288. The summed E-state index contributed by atoms with van der Waals surface area (Å²) in [7, 11) is 0. The molecule has 19 heavy (non-hydrogen) atoms. The molecule has 1 aliphatic heterocycles. The Hall–Kier alpha value is -1.10. The molecule has 0 aliphatic carbocycles. The van der Waals surface area contributed by atoms with Crippen LogP contribution in [0.3, 0.4) is 0 Å². The minimum Gasteiger partial charge on any atom is -0.355 e. The number of hydrogen-bond acceptors (Lipinski definition) is 3. The number of hydrogen-bond donors (Lipinski definition) is 2. The van der Waals surface area contributed by atoms with E-state index in [4.69, 9.17) is 0 Å². The zero-order valence-corrected chi connectivity index (χ0v) is 12.2. The van der Waals surface area contributed by atoms with Gasteiger partial charge in [-0.2, -0.15) is 0 Å². The van der Waals surface area contributed by atoms with E-state index in [1.54, 1.807) is 6.92 Å². The molecule has 0 aromatic carbocycles. The number of unbranched alkanes of at least 4 members (excludes halogenated alkanes) is 1. The molecule has 0 aromatic rings. The molecule has 1 atom stereocenters. The Morgan fingerprint density at radius 1 is 1.21 bits per heavy atom. The van der Waals surface area contributed by atoms with Crippen LogP contribution in [-0.4, -0.2) is 48.9 Å². The van der Waals surface area contributed by atoms with Gasteiger partial charge >= 0.3 is 0 Å². The minimum atomic E-state index is -0.314. The van der Waals surface area contributed by atoms with Gasteiger partial charge in [0.2, 0.25) is 11.8 Å². The van der Waals surface area contributed by atoms with Crippen molar-refractivity contribution >= 4 is 11.8 Å². The number of likely N-dealkylation sites (tertiary alicyclic amines) is 1. The second kappa shape index (κ2) is 8.91. The van der Waals surface area contributed by atoms with Crippen molar-refractivity contribution in [2.24, 2.45) is 0 Å². The summed E-state index contributed by atoms with van der Waals surface area (Å²) in [5, 5.41) is 5.86. The van der Waals surface area contributed by atoms with Crippen LogP contribution in [-0.2, 0) is 9.59 Å². The molecule has 1 unspecified atom stereocenters. The monoisotopic (exact) mass is 269 g/mol. The van der Waals surface area contributed by atoms with Crippen molar-refractivity contribution < 1.29 is 9.59 Å². The van der Waals surface area contributed by atoms with Gasteiger partial charge in [-0.1, -0.05) is 13.3 Å². The average Bonchev–Trinajstić information content (AvgIpc) is 2.45. The first kappa shape index (κ1) is 16.0. The molecule has 2 amide bonds. The molecule has 0 spiro atoms. The molecular weight excluding hydrogens is 242 g/mol. The summed E-state index contributed by atoms with van der Waals surface area (Å²) < 4.78 is 0. The van der Waals surface area contributed by atoms with Crippen LogP contribution in [0.2, 0.25) is 0 Å². The Balaban J connectivity index is 2.19. The summed E-state index contributed by atoms with van der Waals surface area (Å²) in [6.45, 7) is 6.56. The lowest BCUT2D eigenvalue weighted by Crippen LogP contribution is -2.48. The summed E-state index contributed by atoms with van der Waals surface area (Å²) >= 11 is 0. The molecule has 0 bridgehead atoms. The minimum absolute atomic E-state index is 0.0279. The molecule has 1 fully saturated rings. The Morgan fingerprint density at radius 3 is 2.53 bits per heavy atom. The fraction of sp³-hybridized carbons (Fsp3) is 0.857. The molecule has 2 N–H and O–H groups in total. The Labute approximate surface area is 116 Å². The first-order valence-electron chi connectivity index (χ1n) is 7.44. The first-order valence-corrected chi connectivity index (χ1v) is 7.44. The number of rotatable bonds is 7. The van der Waals surface area contributed by atoms with Gasteiger partial charge in [0, 0.05) is 19.6 Å². The zero-order chi connectivity index (χ0) is 14.1. The van der Waals surface area contributed by atoms with Gasteiger partial charge in [0.05, 0.1) is 12.6 Å². The summed E-state index contributed by atoms with van der Waals surface area (Å²) in [6, 6.07) is -0.314. The topological polar surface area (TPSA) is 61.4 Å². The summed E-state index contributed by atoms with van der Waals surface area (Å²) in [4.78, 5) is 25.5. The highest BCUT2D eigenvalue weighted by atomic mass is 16.2. The normalized spacial score (nSPS) is 17.1. The number of carbonyl (C=O) groups is 2. The van der Waals surface area contributed by atoms with E-state index in [0.29, 0.717) is 6.54 Å². The molecule has 1 saturated heterocycles. The summed E-state index contributed by atoms with van der Waals surface area (Å²) in [6.07, 6.45) is 5.46. The molecule has 0 saturated carbocycles. The fourth-order valence-electron chi connectivity index (χ4n) is 2.13. The lowest BCUT2D eigenvalue weighted by atomic mass is 10.1. The lowest BCUT2D eigenvalue weighted by molar-refractivity contribution is -0.131. The number of nitrogens with zero attached hydrogens (tertiary/aromatic N) is 1. The van der Waals surface area contributed by atoms with Gasteiger partial charge in [0.15, 0.2) is 0 Å². The third kappa shape index (κ3) is 6.05. The molecule has 1 heterocycles. The highest BCUT2D eigenvalue weighted by molar-refractivity contribution is 5.83. The number of piperidine rings is 1. The van der Waals surface area contributed by atoms with Crippen LogP contribution in [0.4, 0.5) is 0 Å². The second-order valence-corrected chi connectivity index (χ2v) is 5.19. The van der Waals surface area contributed by atoms with Crippen LogP contribution in [0, 0.1) is 0 Å². The van der Waals surface area contributed by atoms with Crippen LogP contribution in [0.1, 0.15) is 46.0 Å². The summed E-state index contributed by atoms with van der Waals surface area (Å²) in [5.74, 6) is 0.0767. The predicted octanol–water partition coefficient (Wildman–Crippen LogP) is 0.893. The van der Waals surface area contributed by atoms with Crippen LogP contribution in [0.25, 0.3) is 0 Å². The largest absolute Gasteiger partial charge is 0.355 e. The van der Waals surface area contributed by atoms with Gasteiger partial charge in [-0.25, -0.2) is 0 Å². The van der Waals surface area contributed by atoms with E-state index >= 15 is 0 Å². The van der Waals surface area contributed by atoms with Gasteiger partial charge in [-0.15, -0.1) is 0 Å². The van der Waals surface area contributed by atoms with E-state index in [1.165, 1.54) is 6.42 Å². The van der Waals surface area contributed by atoms with E-state index in [-0.39, 0.29) is 24.4 Å². The zero-order valence-electron chi connectivity index (χ0n) is 12.2. The third-order valence-corrected chi connectivity index (χ3v) is 3.49. The highest BCUT2D eigenvalue weighted by Gasteiger charge is 2.18. The number of amides is 2. The first-order chi connectivity index (χ1) is 9.15. The lowest BCUT2D eigenvalue weighted by Gasteiger charge is -2.27. The maximum absolute atomic E-state index is 11.9. The molecule has 5 nitrogen and oxygen atoms in total. The summed E-state index contributed by atoms with van der Waals surface area (Å²) in [5.41, 5.74) is 0. The van der Waals surface area contributed by atoms with Gasteiger partial charge in [0.25, 0.3) is 0 Å². The van der Waals surface area contributed by atoms with Crippen LogP contribution in [0.15, 0.2) is 0 Å². The van der Waals surface area contributed by atoms with Gasteiger partial charge < -0.3 is 10.2 Å². The average molecular weight is 269 g/mol. The van der Waals surface area contributed by atoms with E-state index < -0.39 is 0 Å². The molecule has 5 heteroatoms. The van der Waals surface area contributed by atoms with Crippen LogP contribution < -0.4 is 10.6 Å². The van der Waals surface area contributed by atoms with Crippen LogP contribution >= 0.6 is 0 Å². The maximum Gasteiger partial charge on any atom is 0.236 e. The maximum atomic E-state index is 11.9. The van der Waals surface area contributed by atoms with E-state index in [9.17, 15) is 9.59 Å². The van der Waals surface area contributed by atoms with Crippen molar-refractivity contribution in [3.63, 3.8) is 0 Å². The van der Waals surface area contributed by atoms with Crippen molar-refractivity contribution in [3.8, 4) is 0 Å².